The van der Waals surface area contributed by atoms with Crippen molar-refractivity contribution in [3.05, 3.63) is 111 Å². The predicted octanol–water partition coefficient (Wildman–Crippen LogP) is 0.516. The number of hydrogen-bond donors (Lipinski definition) is 4. The fraction of sp³-hybridized carbons (Fsp3) is 0.258. The molecule has 14 heteroatoms. The topological polar surface area (TPSA) is 181 Å². The Morgan fingerprint density at radius 1 is 1.11 bits per heavy atom. The van der Waals surface area contributed by atoms with Crippen LogP contribution in [-0.4, -0.2) is 79.8 Å². The largest absolute Gasteiger partial charge is 0.394 e. The first-order chi connectivity index (χ1) is 21.8. The lowest BCUT2D eigenvalue weighted by molar-refractivity contribution is -0.120. The summed E-state index contributed by atoms with van der Waals surface area (Å²) < 4.78 is 13.1. The van der Waals surface area contributed by atoms with Crippen LogP contribution >= 0.6 is 0 Å². The molecule has 0 unspecified atom stereocenters. The SMILES string of the molecule is CO[C@@H]1[C@H](O)[C@@H](CO)O[C@H]1n1cc(C#CCNC(=O)Cc2cncn2C(=O)N(c2ccccc2)c2ccccc2)c(=O)[nH]c1=O. The number of hydrogen-bond acceptors (Lipinski definition) is 9. The molecule has 0 saturated carbocycles. The van der Waals surface area contributed by atoms with Gasteiger partial charge in [-0.25, -0.2) is 14.6 Å². The predicted molar refractivity (Wildman–Crippen MR) is 161 cm³/mol. The van der Waals surface area contributed by atoms with E-state index in [2.05, 4.69) is 27.1 Å². The number of para-hydroxylation sites is 2. The van der Waals surface area contributed by atoms with E-state index in [-0.39, 0.29) is 18.5 Å². The van der Waals surface area contributed by atoms with Crippen molar-refractivity contribution in [3.63, 3.8) is 0 Å². The van der Waals surface area contributed by atoms with Gasteiger partial charge in [0.1, 0.15) is 30.2 Å². The molecule has 4 aromatic rings. The van der Waals surface area contributed by atoms with Crippen molar-refractivity contribution in [2.75, 3.05) is 25.2 Å². The lowest BCUT2D eigenvalue weighted by Gasteiger charge is -2.23. The number of H-pyrrole nitrogens is 1. The van der Waals surface area contributed by atoms with Crippen LogP contribution in [0.15, 0.2) is 89.0 Å². The van der Waals surface area contributed by atoms with Crippen molar-refractivity contribution in [1.82, 2.24) is 24.4 Å². The molecular weight excluding hydrogens is 584 g/mol. The number of imidazole rings is 1. The molecule has 0 aliphatic carbocycles. The molecule has 2 amide bonds. The number of amides is 2. The number of aromatic nitrogens is 4. The number of rotatable bonds is 8. The molecule has 0 spiro atoms. The third-order valence-electron chi connectivity index (χ3n) is 7.09. The third kappa shape index (κ3) is 6.77. The van der Waals surface area contributed by atoms with E-state index in [1.165, 1.54) is 29.1 Å². The van der Waals surface area contributed by atoms with Crippen molar-refractivity contribution in [2.24, 2.45) is 0 Å². The van der Waals surface area contributed by atoms with Gasteiger partial charge in [0.2, 0.25) is 5.91 Å². The van der Waals surface area contributed by atoms with Crippen LogP contribution < -0.4 is 21.5 Å². The number of ether oxygens (including phenoxy) is 2. The van der Waals surface area contributed by atoms with Crippen LogP contribution in [0.25, 0.3) is 0 Å². The molecule has 1 saturated heterocycles. The van der Waals surface area contributed by atoms with Gasteiger partial charge in [-0.2, -0.15) is 0 Å². The Kier molecular flexibility index (Phi) is 9.66. The molecule has 3 heterocycles. The molecule has 1 fully saturated rings. The van der Waals surface area contributed by atoms with Gasteiger partial charge in [0.05, 0.1) is 36.6 Å². The molecule has 2 aromatic carbocycles. The first-order valence-corrected chi connectivity index (χ1v) is 13.9. The van der Waals surface area contributed by atoms with Crippen LogP contribution in [0, 0.1) is 11.8 Å². The van der Waals surface area contributed by atoms with Crippen LogP contribution in [0.1, 0.15) is 17.5 Å². The van der Waals surface area contributed by atoms with Gasteiger partial charge in [0.25, 0.3) is 5.56 Å². The molecule has 4 N–H and O–H groups in total. The maximum absolute atomic E-state index is 13.7. The quantitative estimate of drug-likeness (QED) is 0.206. The van der Waals surface area contributed by atoms with Gasteiger partial charge >= 0.3 is 11.7 Å². The van der Waals surface area contributed by atoms with Gasteiger partial charge in [-0.05, 0) is 24.3 Å². The lowest BCUT2D eigenvalue weighted by Crippen LogP contribution is -2.39. The number of nitrogens with zero attached hydrogens (tertiary/aromatic N) is 4. The first-order valence-electron chi connectivity index (χ1n) is 13.9. The zero-order chi connectivity index (χ0) is 31.9. The summed E-state index contributed by atoms with van der Waals surface area (Å²) in [5.74, 6) is 4.83. The minimum atomic E-state index is -1.21. The summed E-state index contributed by atoms with van der Waals surface area (Å²) >= 11 is 0. The highest BCUT2D eigenvalue weighted by atomic mass is 16.6. The van der Waals surface area contributed by atoms with E-state index in [9.17, 15) is 29.4 Å². The summed E-state index contributed by atoms with van der Waals surface area (Å²) in [5.41, 5.74) is -0.0635. The Morgan fingerprint density at radius 2 is 1.78 bits per heavy atom. The summed E-state index contributed by atoms with van der Waals surface area (Å²) in [4.78, 5) is 59.1. The minimum absolute atomic E-state index is 0.102. The Bertz CT molecular complexity index is 1790. The molecule has 0 radical (unpaired) electrons. The molecule has 1 aliphatic heterocycles. The molecule has 14 nitrogen and oxygen atoms in total. The second-order valence-electron chi connectivity index (χ2n) is 9.95. The van der Waals surface area contributed by atoms with E-state index >= 15 is 0 Å². The van der Waals surface area contributed by atoms with E-state index < -0.39 is 54.3 Å². The number of nitrogens with one attached hydrogen (secondary N) is 2. The van der Waals surface area contributed by atoms with Crippen LogP contribution in [-0.2, 0) is 20.7 Å². The van der Waals surface area contributed by atoms with Crippen LogP contribution in [0.4, 0.5) is 16.2 Å². The number of aliphatic hydroxyl groups excluding tert-OH is 2. The zero-order valence-corrected chi connectivity index (χ0v) is 24.1. The minimum Gasteiger partial charge on any atom is -0.394 e. The van der Waals surface area contributed by atoms with Crippen molar-refractivity contribution in [3.8, 4) is 11.8 Å². The van der Waals surface area contributed by atoms with Gasteiger partial charge < -0.3 is 25.0 Å². The third-order valence-corrected chi connectivity index (χ3v) is 7.09. The molecule has 45 heavy (non-hydrogen) atoms. The van der Waals surface area contributed by atoms with E-state index in [0.29, 0.717) is 17.1 Å². The fourth-order valence-corrected chi connectivity index (χ4v) is 4.88. The van der Waals surface area contributed by atoms with Crippen molar-refractivity contribution < 1.29 is 29.3 Å². The first kappa shape index (κ1) is 31.1. The standard InChI is InChI=1S/C31H30N6O8/c1-44-27-26(40)24(18-38)45-29(27)35-17-20(28(41)34-30(35)42)9-8-14-33-25(39)15-23-16-32-19-36(23)31(43)37(21-10-4-2-5-11-21)22-12-6-3-7-13-22/h2-7,10-13,16-17,19,24,26-27,29,38,40H,14-15,18H2,1H3,(H,33,39)(H,34,41,42)/t24-,26-,27-,29-/m1/s1. The Morgan fingerprint density at radius 3 is 2.40 bits per heavy atom. The van der Waals surface area contributed by atoms with Gasteiger partial charge in [-0.1, -0.05) is 48.2 Å². The van der Waals surface area contributed by atoms with E-state index in [0.717, 1.165) is 10.8 Å². The highest BCUT2D eigenvalue weighted by Gasteiger charge is 2.45. The summed E-state index contributed by atoms with van der Waals surface area (Å²) in [6.07, 6.45) is -0.560. The second-order valence-corrected chi connectivity index (χ2v) is 9.95. The molecule has 1 aliphatic rings. The average Bonchev–Trinajstić information content (AvgIpc) is 3.64. The van der Waals surface area contributed by atoms with Gasteiger partial charge in [0.15, 0.2) is 6.23 Å². The van der Waals surface area contributed by atoms with E-state index in [1.807, 2.05) is 36.4 Å². The van der Waals surface area contributed by atoms with Crippen molar-refractivity contribution in [1.29, 1.82) is 0 Å². The molecule has 2 aromatic heterocycles. The van der Waals surface area contributed by atoms with Crippen molar-refractivity contribution >= 4 is 23.3 Å². The lowest BCUT2D eigenvalue weighted by atomic mass is 10.1. The Labute approximate surface area is 256 Å². The number of aromatic amines is 1. The van der Waals surface area contributed by atoms with Crippen LogP contribution in [0.5, 0.6) is 0 Å². The number of aliphatic hydroxyl groups is 2. The summed E-state index contributed by atoms with van der Waals surface area (Å²) in [5, 5.41) is 22.4. The monoisotopic (exact) mass is 614 g/mol. The molecule has 5 rings (SSSR count). The smallest absolute Gasteiger partial charge is 0.338 e. The van der Waals surface area contributed by atoms with E-state index in [1.54, 1.807) is 24.3 Å². The summed E-state index contributed by atoms with van der Waals surface area (Å²) in [6, 6.07) is 17.7. The number of carbonyl (C=O) groups excluding carboxylic acids is 2. The average molecular weight is 615 g/mol. The van der Waals surface area contributed by atoms with Gasteiger partial charge in [0, 0.05) is 19.5 Å². The maximum Gasteiger partial charge on any atom is 0.338 e. The summed E-state index contributed by atoms with van der Waals surface area (Å²) in [7, 11) is 1.32. The number of methoxy groups -OCH3 is 1. The summed E-state index contributed by atoms with van der Waals surface area (Å²) in [6.45, 7) is -0.652. The van der Waals surface area contributed by atoms with E-state index in [4.69, 9.17) is 9.47 Å². The number of benzene rings is 2. The Hall–Kier alpha value is -5.33. The van der Waals surface area contributed by atoms with Crippen LogP contribution in [0.2, 0.25) is 0 Å². The second kappa shape index (κ2) is 14.0. The molecule has 4 atom stereocenters. The molecule has 0 bridgehead atoms. The highest BCUT2D eigenvalue weighted by molar-refractivity contribution is 6.01. The van der Waals surface area contributed by atoms with Gasteiger partial charge in [-0.3, -0.25) is 28.6 Å². The van der Waals surface area contributed by atoms with Crippen LogP contribution in [0.3, 0.4) is 0 Å². The Balaban J connectivity index is 1.27. The van der Waals surface area contributed by atoms with Gasteiger partial charge in [-0.15, -0.1) is 0 Å². The maximum atomic E-state index is 13.7. The molecular formula is C31H30N6O8. The highest BCUT2D eigenvalue weighted by Crippen LogP contribution is 2.30. The number of carbonyl (C=O) groups is 2. The van der Waals surface area contributed by atoms with Crippen molar-refractivity contribution in [2.45, 2.75) is 31.0 Å². The zero-order valence-electron chi connectivity index (χ0n) is 24.1. The fourth-order valence-electron chi connectivity index (χ4n) is 4.88. The molecule has 232 valence electrons. The number of anilines is 2. The normalized spacial score (nSPS) is 19.0.